The van der Waals surface area contributed by atoms with E-state index < -0.39 is 0 Å². The summed E-state index contributed by atoms with van der Waals surface area (Å²) in [6, 6.07) is 0. The Hall–Kier alpha value is -0.500. The van der Waals surface area contributed by atoms with Gasteiger partial charge in [-0.3, -0.25) is 4.79 Å². The molecule has 0 radical (unpaired) electrons. The van der Waals surface area contributed by atoms with E-state index in [1.807, 2.05) is 0 Å². The Morgan fingerprint density at radius 3 is 2.80 bits per heavy atom. The molecule has 0 atom stereocenters. The number of hydrogen-bond acceptors (Lipinski definition) is 2. The summed E-state index contributed by atoms with van der Waals surface area (Å²) in [6.07, 6.45) is 1.65. The fourth-order valence-corrected chi connectivity index (χ4v) is 1.20. The van der Waals surface area contributed by atoms with Crippen LogP contribution in [0.2, 0.25) is 0 Å². The quantitative estimate of drug-likeness (QED) is 0.547. The molecule has 0 spiro atoms. The van der Waals surface area contributed by atoms with Crippen LogP contribution in [0.4, 0.5) is 0 Å². The molecule has 0 aliphatic carbocycles. The molecule has 0 aromatic heterocycles. The Morgan fingerprint density at radius 1 is 1.70 bits per heavy atom. The van der Waals surface area contributed by atoms with Crippen LogP contribution in [0.3, 0.4) is 0 Å². The largest absolute Gasteiger partial charge is 0.498 e. The zero-order chi connectivity index (χ0) is 7.56. The van der Waals surface area contributed by atoms with Gasteiger partial charge >= 0.3 is 0 Å². The Morgan fingerprint density at radius 2 is 2.40 bits per heavy atom. The highest BCUT2D eigenvalue weighted by Crippen LogP contribution is 2.20. The van der Waals surface area contributed by atoms with Crippen molar-refractivity contribution < 1.29 is 9.53 Å². The number of carbonyl (C=O) groups excluding carboxylic acids is 1. The molecule has 1 heterocycles. The van der Waals surface area contributed by atoms with Crippen LogP contribution in [0, 0.1) is 0 Å². The van der Waals surface area contributed by atoms with Crippen LogP contribution in [0.5, 0.6) is 0 Å². The van der Waals surface area contributed by atoms with Gasteiger partial charge in [0.2, 0.25) is 0 Å². The fourth-order valence-electron chi connectivity index (χ4n) is 0.974. The minimum Gasteiger partial charge on any atom is -0.498 e. The van der Waals surface area contributed by atoms with E-state index in [0.29, 0.717) is 17.9 Å². The lowest BCUT2D eigenvalue weighted by Crippen LogP contribution is -2.08. The Balaban J connectivity index is 2.78. The van der Waals surface area contributed by atoms with E-state index in [-0.39, 0.29) is 5.24 Å². The van der Waals surface area contributed by atoms with Crippen LogP contribution in [0.1, 0.15) is 19.8 Å². The third kappa shape index (κ3) is 1.51. The molecule has 0 bridgehead atoms. The van der Waals surface area contributed by atoms with Gasteiger partial charge in [0, 0.05) is 5.57 Å². The highest BCUT2D eigenvalue weighted by atomic mass is 35.5. The van der Waals surface area contributed by atoms with Gasteiger partial charge in [0.15, 0.2) is 0 Å². The van der Waals surface area contributed by atoms with E-state index >= 15 is 0 Å². The van der Waals surface area contributed by atoms with Crippen LogP contribution < -0.4 is 0 Å². The van der Waals surface area contributed by atoms with Crippen molar-refractivity contribution in [2.45, 2.75) is 19.8 Å². The zero-order valence-corrected chi connectivity index (χ0v) is 6.57. The van der Waals surface area contributed by atoms with Crippen LogP contribution in [0.25, 0.3) is 0 Å². The first kappa shape index (κ1) is 7.61. The minimum atomic E-state index is -0.378. The second kappa shape index (κ2) is 3.06. The molecule has 1 aliphatic rings. The molecule has 0 aromatic carbocycles. The predicted octanol–water partition coefficient (Wildman–Crippen LogP) is 1.84. The molecule has 10 heavy (non-hydrogen) atoms. The summed E-state index contributed by atoms with van der Waals surface area (Å²) in [6.45, 7) is 2.48. The minimum absolute atomic E-state index is 0.378. The van der Waals surface area contributed by atoms with E-state index in [2.05, 4.69) is 0 Å². The molecule has 0 amide bonds. The van der Waals surface area contributed by atoms with Crippen LogP contribution in [-0.4, -0.2) is 11.8 Å². The lowest BCUT2D eigenvalue weighted by molar-refractivity contribution is -0.109. The van der Waals surface area contributed by atoms with Crippen molar-refractivity contribution in [3.8, 4) is 0 Å². The molecule has 0 saturated carbocycles. The van der Waals surface area contributed by atoms with Gasteiger partial charge in [-0.1, -0.05) is 0 Å². The van der Waals surface area contributed by atoms with E-state index in [9.17, 15) is 4.79 Å². The topological polar surface area (TPSA) is 26.3 Å². The number of hydrogen-bond donors (Lipinski definition) is 0. The highest BCUT2D eigenvalue weighted by molar-refractivity contribution is 6.67. The van der Waals surface area contributed by atoms with Crippen molar-refractivity contribution in [3.05, 3.63) is 11.3 Å². The van der Waals surface area contributed by atoms with Crippen molar-refractivity contribution >= 4 is 16.8 Å². The van der Waals surface area contributed by atoms with Gasteiger partial charge in [-0.15, -0.1) is 0 Å². The van der Waals surface area contributed by atoms with Gasteiger partial charge < -0.3 is 4.74 Å². The summed E-state index contributed by atoms with van der Waals surface area (Å²) in [4.78, 5) is 10.6. The number of ether oxygens (including phenoxy) is 1. The summed E-state index contributed by atoms with van der Waals surface area (Å²) in [5, 5.41) is -0.378. The monoisotopic (exact) mass is 160 g/mol. The molecular formula is C7H9ClO2. The van der Waals surface area contributed by atoms with Crippen molar-refractivity contribution in [2.75, 3.05) is 6.61 Å². The molecule has 0 unspecified atom stereocenters. The highest BCUT2D eigenvalue weighted by Gasteiger charge is 2.14. The zero-order valence-electron chi connectivity index (χ0n) is 5.82. The van der Waals surface area contributed by atoms with Crippen molar-refractivity contribution in [1.82, 2.24) is 0 Å². The van der Waals surface area contributed by atoms with Gasteiger partial charge in [-0.2, -0.15) is 0 Å². The lowest BCUT2D eigenvalue weighted by atomic mass is 10.1. The van der Waals surface area contributed by atoms with Gasteiger partial charge in [0.1, 0.15) is 5.76 Å². The summed E-state index contributed by atoms with van der Waals surface area (Å²) in [7, 11) is 0. The molecule has 3 heteroatoms. The van der Waals surface area contributed by atoms with Crippen molar-refractivity contribution in [1.29, 1.82) is 0 Å². The van der Waals surface area contributed by atoms with Crippen LogP contribution in [-0.2, 0) is 9.53 Å². The summed E-state index contributed by atoms with van der Waals surface area (Å²) in [5.74, 6) is 0.686. The van der Waals surface area contributed by atoms with Gasteiger partial charge in [-0.05, 0) is 31.4 Å². The van der Waals surface area contributed by atoms with Gasteiger partial charge in [0.25, 0.3) is 5.24 Å². The Kier molecular flexibility index (Phi) is 2.33. The predicted molar refractivity (Wildman–Crippen MR) is 38.7 cm³/mol. The van der Waals surface area contributed by atoms with E-state index in [0.717, 1.165) is 12.8 Å². The average Bonchev–Trinajstić information content (AvgIpc) is 1.88. The van der Waals surface area contributed by atoms with E-state index in [1.54, 1.807) is 6.92 Å². The summed E-state index contributed by atoms with van der Waals surface area (Å²) < 4.78 is 5.13. The molecule has 2 nitrogen and oxygen atoms in total. The third-order valence-corrected chi connectivity index (χ3v) is 1.78. The van der Waals surface area contributed by atoms with Crippen molar-refractivity contribution in [3.63, 3.8) is 0 Å². The first-order valence-corrected chi connectivity index (χ1v) is 3.62. The van der Waals surface area contributed by atoms with E-state index in [4.69, 9.17) is 16.3 Å². The average molecular weight is 161 g/mol. The van der Waals surface area contributed by atoms with E-state index in [1.165, 1.54) is 0 Å². The van der Waals surface area contributed by atoms with Crippen molar-refractivity contribution in [2.24, 2.45) is 0 Å². The number of carbonyl (C=O) groups is 1. The number of allylic oxidation sites excluding steroid dienone is 2. The third-order valence-electron chi connectivity index (χ3n) is 1.55. The van der Waals surface area contributed by atoms with Gasteiger partial charge in [-0.25, -0.2) is 0 Å². The molecule has 0 aromatic rings. The molecule has 0 N–H and O–H groups in total. The van der Waals surface area contributed by atoms with Crippen LogP contribution in [0.15, 0.2) is 11.3 Å². The number of halogens is 1. The molecule has 56 valence electrons. The molecule has 0 fully saturated rings. The molecule has 1 rings (SSSR count). The lowest BCUT2D eigenvalue weighted by Gasteiger charge is -2.15. The second-order valence-corrected chi connectivity index (χ2v) is 2.60. The maximum atomic E-state index is 10.6. The van der Waals surface area contributed by atoms with Crippen LogP contribution >= 0.6 is 11.6 Å². The maximum Gasteiger partial charge on any atom is 0.251 e. The maximum absolute atomic E-state index is 10.6. The molecular weight excluding hydrogens is 152 g/mol. The Bertz CT molecular complexity index is 184. The molecule has 1 aliphatic heterocycles. The molecule has 0 saturated heterocycles. The van der Waals surface area contributed by atoms with Gasteiger partial charge in [0.05, 0.1) is 6.61 Å². The standard InChI is InChI=1S/C7H9ClO2/c1-5-6(7(8)9)3-2-4-10-5/h2-4H2,1H3. The Labute approximate surface area is 64.8 Å². The smallest absolute Gasteiger partial charge is 0.251 e. The number of rotatable bonds is 1. The second-order valence-electron chi connectivity index (χ2n) is 2.26. The first-order chi connectivity index (χ1) is 4.72. The summed E-state index contributed by atoms with van der Waals surface area (Å²) in [5.41, 5.74) is 0.632. The normalized spacial score (nSPS) is 18.6. The first-order valence-electron chi connectivity index (χ1n) is 3.24. The summed E-state index contributed by atoms with van der Waals surface area (Å²) >= 11 is 5.27. The fraction of sp³-hybridized carbons (Fsp3) is 0.571. The SMILES string of the molecule is CC1=C(C(=O)Cl)CCCO1.